The zero-order valence-electron chi connectivity index (χ0n) is 9.66. The van der Waals surface area contributed by atoms with E-state index in [4.69, 9.17) is 0 Å². The number of aromatic nitrogens is 2. The molecule has 3 aromatic rings. The second-order valence-corrected chi connectivity index (χ2v) is 4.59. The fourth-order valence-corrected chi connectivity index (χ4v) is 2.69. The number of carbonyl (C=O) groups is 1. The molecule has 0 aliphatic heterocycles. The Morgan fingerprint density at radius 2 is 2.11 bits per heavy atom. The van der Waals surface area contributed by atoms with Crippen LogP contribution >= 0.6 is 11.3 Å². The summed E-state index contributed by atoms with van der Waals surface area (Å²) in [5.41, 5.74) is 2.46. The Labute approximate surface area is 107 Å². The molecule has 5 heteroatoms. The first-order chi connectivity index (χ1) is 8.79. The summed E-state index contributed by atoms with van der Waals surface area (Å²) in [5, 5.41) is 2.03. The number of imidazole rings is 1. The number of hydrogen-bond acceptors (Lipinski definition) is 4. The third-order valence-electron chi connectivity index (χ3n) is 2.67. The predicted octanol–water partition coefficient (Wildman–Crippen LogP) is 2.85. The molecule has 0 saturated carbocycles. The van der Waals surface area contributed by atoms with Crippen molar-refractivity contribution in [1.82, 2.24) is 9.38 Å². The average Bonchev–Trinajstić information content (AvgIpc) is 2.98. The Bertz CT molecular complexity index is 700. The van der Waals surface area contributed by atoms with Crippen LogP contribution in [0.1, 0.15) is 10.5 Å². The van der Waals surface area contributed by atoms with E-state index >= 15 is 0 Å². The Morgan fingerprint density at radius 1 is 1.33 bits per heavy atom. The number of ether oxygens (including phenoxy) is 1. The Kier molecular flexibility index (Phi) is 2.60. The van der Waals surface area contributed by atoms with Gasteiger partial charge in [-0.05, 0) is 5.56 Å². The highest BCUT2D eigenvalue weighted by Gasteiger charge is 2.14. The largest absolute Gasteiger partial charge is 0.464 e. The lowest BCUT2D eigenvalue weighted by atomic mass is 10.2. The van der Waals surface area contributed by atoms with E-state index in [1.807, 2.05) is 40.1 Å². The van der Waals surface area contributed by atoms with Crippen molar-refractivity contribution in [3.05, 3.63) is 47.6 Å². The normalized spacial score (nSPS) is 10.7. The van der Waals surface area contributed by atoms with Gasteiger partial charge in [0, 0.05) is 11.6 Å². The van der Waals surface area contributed by atoms with Crippen LogP contribution in [0.3, 0.4) is 0 Å². The molecule has 1 aromatic carbocycles. The molecule has 0 aliphatic carbocycles. The van der Waals surface area contributed by atoms with Crippen molar-refractivity contribution >= 4 is 22.3 Å². The van der Waals surface area contributed by atoms with Crippen molar-refractivity contribution < 1.29 is 9.53 Å². The summed E-state index contributed by atoms with van der Waals surface area (Å²) in [5.74, 6) is -0.412. The van der Waals surface area contributed by atoms with Gasteiger partial charge in [0.15, 0.2) is 10.7 Å². The fraction of sp³-hybridized carbons (Fsp3) is 0.0769. The Morgan fingerprint density at radius 3 is 2.83 bits per heavy atom. The molecule has 0 fully saturated rings. The minimum Gasteiger partial charge on any atom is -0.464 e. The van der Waals surface area contributed by atoms with E-state index in [1.165, 1.54) is 18.4 Å². The van der Waals surface area contributed by atoms with Crippen LogP contribution < -0.4 is 0 Å². The Hall–Kier alpha value is -2.14. The summed E-state index contributed by atoms with van der Waals surface area (Å²) in [6.45, 7) is 0. The van der Waals surface area contributed by atoms with Gasteiger partial charge in [-0.1, -0.05) is 30.3 Å². The van der Waals surface area contributed by atoms with E-state index in [1.54, 1.807) is 6.20 Å². The highest BCUT2D eigenvalue weighted by molar-refractivity contribution is 7.15. The SMILES string of the molecule is COC(=O)c1cn2c(-c3ccccc3)csc2n1. The molecule has 0 N–H and O–H groups in total. The maximum atomic E-state index is 11.4. The zero-order chi connectivity index (χ0) is 12.5. The maximum absolute atomic E-state index is 11.4. The monoisotopic (exact) mass is 258 g/mol. The van der Waals surface area contributed by atoms with Gasteiger partial charge in [-0.15, -0.1) is 11.3 Å². The van der Waals surface area contributed by atoms with Crippen molar-refractivity contribution in [1.29, 1.82) is 0 Å². The second-order valence-electron chi connectivity index (χ2n) is 3.76. The lowest BCUT2D eigenvalue weighted by molar-refractivity contribution is 0.0595. The van der Waals surface area contributed by atoms with Crippen LogP contribution in [0.15, 0.2) is 41.9 Å². The predicted molar refractivity (Wildman–Crippen MR) is 69.8 cm³/mol. The Balaban J connectivity index is 2.14. The van der Waals surface area contributed by atoms with E-state index in [9.17, 15) is 4.79 Å². The van der Waals surface area contributed by atoms with Crippen LogP contribution in [0.2, 0.25) is 0 Å². The van der Waals surface area contributed by atoms with Crippen molar-refractivity contribution in [2.24, 2.45) is 0 Å². The third kappa shape index (κ3) is 1.69. The first-order valence-corrected chi connectivity index (χ1v) is 6.28. The van der Waals surface area contributed by atoms with E-state index < -0.39 is 5.97 Å². The summed E-state index contributed by atoms with van der Waals surface area (Å²) in [7, 11) is 1.36. The number of benzene rings is 1. The van der Waals surface area contributed by atoms with Crippen molar-refractivity contribution in [3.8, 4) is 11.3 Å². The highest BCUT2D eigenvalue weighted by Crippen LogP contribution is 2.26. The van der Waals surface area contributed by atoms with Gasteiger partial charge in [0.25, 0.3) is 0 Å². The molecule has 0 spiro atoms. The quantitative estimate of drug-likeness (QED) is 0.664. The van der Waals surface area contributed by atoms with Crippen LogP contribution in [0.5, 0.6) is 0 Å². The van der Waals surface area contributed by atoms with Crippen LogP contribution in [-0.2, 0) is 4.74 Å². The van der Waals surface area contributed by atoms with Gasteiger partial charge in [-0.25, -0.2) is 9.78 Å². The van der Waals surface area contributed by atoms with E-state index in [0.717, 1.165) is 16.2 Å². The summed E-state index contributed by atoms with van der Waals surface area (Å²) in [6.07, 6.45) is 1.71. The van der Waals surface area contributed by atoms with Gasteiger partial charge >= 0.3 is 5.97 Å². The molecule has 2 heterocycles. The number of carbonyl (C=O) groups excluding carboxylic acids is 1. The van der Waals surface area contributed by atoms with Gasteiger partial charge in [0.1, 0.15) is 0 Å². The molecule has 0 bridgehead atoms. The molecule has 18 heavy (non-hydrogen) atoms. The number of hydrogen-bond donors (Lipinski definition) is 0. The number of esters is 1. The summed E-state index contributed by atoms with van der Waals surface area (Å²) < 4.78 is 6.58. The minimum atomic E-state index is -0.412. The van der Waals surface area contributed by atoms with Crippen LogP contribution in [0, 0.1) is 0 Å². The molecular formula is C13H10N2O2S. The van der Waals surface area contributed by atoms with E-state index in [0.29, 0.717) is 5.69 Å². The standard InChI is InChI=1S/C13H10N2O2S/c1-17-12(16)10-7-15-11(8-18-13(15)14-10)9-5-3-2-4-6-9/h2-8H,1H3. The molecule has 3 rings (SSSR count). The van der Waals surface area contributed by atoms with Crippen LogP contribution in [-0.4, -0.2) is 22.5 Å². The molecule has 90 valence electrons. The highest BCUT2D eigenvalue weighted by atomic mass is 32.1. The summed E-state index contributed by atoms with van der Waals surface area (Å²) in [6, 6.07) is 9.99. The topological polar surface area (TPSA) is 43.6 Å². The van der Waals surface area contributed by atoms with Gasteiger partial charge in [0.05, 0.1) is 12.8 Å². The van der Waals surface area contributed by atoms with Crippen molar-refractivity contribution in [2.75, 3.05) is 7.11 Å². The first-order valence-electron chi connectivity index (χ1n) is 5.40. The van der Waals surface area contributed by atoms with Crippen molar-refractivity contribution in [3.63, 3.8) is 0 Å². The smallest absolute Gasteiger partial charge is 0.358 e. The van der Waals surface area contributed by atoms with Gasteiger partial charge in [0.2, 0.25) is 0 Å². The number of rotatable bonds is 2. The lowest BCUT2D eigenvalue weighted by Crippen LogP contribution is -2.00. The van der Waals surface area contributed by atoms with Gasteiger partial charge < -0.3 is 4.74 Å². The van der Waals surface area contributed by atoms with Gasteiger partial charge in [-0.3, -0.25) is 4.40 Å². The lowest BCUT2D eigenvalue weighted by Gasteiger charge is -1.98. The molecule has 0 atom stereocenters. The maximum Gasteiger partial charge on any atom is 0.358 e. The summed E-state index contributed by atoms with van der Waals surface area (Å²) in [4.78, 5) is 16.5. The average molecular weight is 258 g/mol. The minimum absolute atomic E-state index is 0.335. The van der Waals surface area contributed by atoms with Gasteiger partial charge in [-0.2, -0.15) is 0 Å². The molecule has 0 unspecified atom stereocenters. The van der Waals surface area contributed by atoms with E-state index in [-0.39, 0.29) is 0 Å². The number of methoxy groups -OCH3 is 1. The zero-order valence-corrected chi connectivity index (χ0v) is 10.5. The number of thiazole rings is 1. The molecule has 0 amide bonds. The van der Waals surface area contributed by atoms with Crippen molar-refractivity contribution in [2.45, 2.75) is 0 Å². The molecule has 0 saturated heterocycles. The molecule has 0 aliphatic rings. The van der Waals surface area contributed by atoms with E-state index in [2.05, 4.69) is 9.72 Å². The molecule has 0 radical (unpaired) electrons. The third-order valence-corrected chi connectivity index (χ3v) is 3.51. The summed E-state index contributed by atoms with van der Waals surface area (Å²) >= 11 is 1.50. The fourth-order valence-electron chi connectivity index (χ4n) is 1.80. The molecule has 4 nitrogen and oxygen atoms in total. The van der Waals surface area contributed by atoms with Crippen LogP contribution in [0.25, 0.3) is 16.2 Å². The molecule has 2 aromatic heterocycles. The molecular weight excluding hydrogens is 248 g/mol. The number of fused-ring (bicyclic) bond motifs is 1. The number of nitrogens with zero attached hydrogens (tertiary/aromatic N) is 2. The second kappa shape index (κ2) is 4.27. The first kappa shape index (κ1) is 11.0. The van der Waals surface area contributed by atoms with Crippen LogP contribution in [0.4, 0.5) is 0 Å².